The zero-order valence-electron chi connectivity index (χ0n) is 19.1. The summed E-state index contributed by atoms with van der Waals surface area (Å²) in [5.41, 5.74) is 3.25. The molecule has 0 spiro atoms. The highest BCUT2D eigenvalue weighted by atomic mass is 32.1. The molecule has 1 amide bonds. The molecule has 1 heterocycles. The van der Waals surface area contributed by atoms with Gasteiger partial charge in [-0.05, 0) is 41.7 Å². The van der Waals surface area contributed by atoms with Crippen molar-refractivity contribution in [3.05, 3.63) is 59.2 Å². The van der Waals surface area contributed by atoms with E-state index in [9.17, 15) is 14.7 Å². The lowest BCUT2D eigenvalue weighted by Crippen LogP contribution is -2.44. The molecule has 0 aliphatic heterocycles. The smallest absolute Gasteiger partial charge is 0.304 e. The minimum atomic E-state index is -0.974. The third-order valence-electron chi connectivity index (χ3n) is 6.22. The van der Waals surface area contributed by atoms with Gasteiger partial charge in [-0.1, -0.05) is 41.7 Å². The number of carboxylic acids is 1. The number of anilines is 1. The Kier molecular flexibility index (Phi) is 5.81. The second kappa shape index (κ2) is 8.30. The van der Waals surface area contributed by atoms with E-state index in [0.717, 1.165) is 38.8 Å². The molecule has 1 aromatic heterocycles. The number of amides is 1. The van der Waals surface area contributed by atoms with Crippen LogP contribution in [0.4, 0.5) is 5.13 Å². The summed E-state index contributed by atoms with van der Waals surface area (Å²) in [4.78, 5) is 31.6. The number of aromatic nitrogens is 1. The summed E-state index contributed by atoms with van der Waals surface area (Å²) in [5, 5.41) is 10.2. The monoisotopic (exact) mass is 452 g/mol. The van der Waals surface area contributed by atoms with Gasteiger partial charge in [-0.15, -0.1) is 0 Å². The number of benzene rings is 2. The van der Waals surface area contributed by atoms with Gasteiger partial charge in [0, 0.05) is 13.5 Å². The summed E-state index contributed by atoms with van der Waals surface area (Å²) in [6.45, 7) is 1.04. The number of quaternary nitrogens is 1. The normalized spacial score (nSPS) is 15.0. The third kappa shape index (κ3) is 4.54. The number of aliphatic carboxylic acids is 1. The third-order valence-corrected chi connectivity index (χ3v) is 7.32. The Bertz CT molecular complexity index is 1150. The highest BCUT2D eigenvalue weighted by molar-refractivity contribution is 7.22. The van der Waals surface area contributed by atoms with Crippen LogP contribution in [0.1, 0.15) is 23.1 Å². The van der Waals surface area contributed by atoms with Crippen molar-refractivity contribution in [3.8, 4) is 0 Å². The van der Waals surface area contributed by atoms with Crippen LogP contribution in [0, 0.1) is 5.41 Å². The molecule has 0 radical (unpaired) electrons. The summed E-state index contributed by atoms with van der Waals surface area (Å²) < 4.78 is 1.94. The predicted octanol–water partition coefficient (Wildman–Crippen LogP) is 3.77. The lowest BCUT2D eigenvalue weighted by Gasteiger charge is -2.30. The summed E-state index contributed by atoms with van der Waals surface area (Å²) in [6, 6.07) is 14.1. The van der Waals surface area contributed by atoms with Crippen LogP contribution in [0.15, 0.2) is 42.5 Å². The molecule has 3 aromatic rings. The molecule has 0 unspecified atom stereocenters. The average molecular weight is 453 g/mol. The number of rotatable bonds is 7. The van der Waals surface area contributed by atoms with E-state index in [1.54, 1.807) is 11.9 Å². The number of carbonyl (C=O) groups excluding carboxylic acids is 1. The quantitative estimate of drug-likeness (QED) is 0.554. The summed E-state index contributed by atoms with van der Waals surface area (Å²) in [6.07, 6.45) is 1.67. The fourth-order valence-electron chi connectivity index (χ4n) is 4.50. The molecular weight excluding hydrogens is 422 g/mol. The molecule has 0 atom stereocenters. The van der Waals surface area contributed by atoms with Crippen LogP contribution in [0.25, 0.3) is 10.2 Å². The number of fused-ring (bicyclic) bond motifs is 2. The summed E-state index contributed by atoms with van der Waals surface area (Å²) in [7, 11) is 8.25. The Morgan fingerprint density at radius 1 is 1.12 bits per heavy atom. The molecule has 1 N–H and O–H groups in total. The molecule has 168 valence electrons. The predicted molar refractivity (Wildman–Crippen MR) is 128 cm³/mol. The van der Waals surface area contributed by atoms with E-state index in [2.05, 4.69) is 38.3 Å². The van der Waals surface area contributed by atoms with E-state index in [0.29, 0.717) is 18.0 Å². The van der Waals surface area contributed by atoms with Crippen molar-refractivity contribution < 1.29 is 19.2 Å². The summed E-state index contributed by atoms with van der Waals surface area (Å²) >= 11 is 1.48. The van der Waals surface area contributed by atoms with Crippen molar-refractivity contribution >= 4 is 38.6 Å². The van der Waals surface area contributed by atoms with Crippen molar-refractivity contribution in [3.63, 3.8) is 0 Å². The molecule has 0 saturated heterocycles. The maximum atomic E-state index is 13.7. The first-order chi connectivity index (χ1) is 15.1. The number of hydrogen-bond acceptors (Lipinski definition) is 4. The van der Waals surface area contributed by atoms with E-state index >= 15 is 0 Å². The Hall–Kier alpha value is -2.77. The molecule has 0 fully saturated rings. The van der Waals surface area contributed by atoms with Gasteiger partial charge in [-0.3, -0.25) is 14.5 Å². The fraction of sp³-hybridized carbons (Fsp3) is 0.400. The van der Waals surface area contributed by atoms with Gasteiger partial charge in [0.05, 0.1) is 49.7 Å². The largest absolute Gasteiger partial charge is 0.481 e. The molecule has 1 aliphatic carbocycles. The van der Waals surface area contributed by atoms with Crippen molar-refractivity contribution in [1.29, 1.82) is 0 Å². The SMILES string of the molecule is CN(C(=O)C1(CC(=O)O)Cc2ccccc2C1)c1nc2ccc(CC[N+](C)(C)C)cc2s1. The van der Waals surface area contributed by atoms with Gasteiger partial charge in [-0.2, -0.15) is 0 Å². The zero-order valence-corrected chi connectivity index (χ0v) is 19.9. The fourth-order valence-corrected chi connectivity index (χ4v) is 5.49. The van der Waals surface area contributed by atoms with Crippen LogP contribution in [-0.4, -0.2) is 61.2 Å². The minimum Gasteiger partial charge on any atom is -0.481 e. The molecule has 2 aromatic carbocycles. The Labute approximate surface area is 192 Å². The number of nitrogens with zero attached hydrogens (tertiary/aromatic N) is 3. The highest BCUT2D eigenvalue weighted by Crippen LogP contribution is 2.42. The van der Waals surface area contributed by atoms with Crippen LogP contribution >= 0.6 is 11.3 Å². The van der Waals surface area contributed by atoms with E-state index in [1.165, 1.54) is 16.9 Å². The first-order valence-electron chi connectivity index (χ1n) is 10.8. The summed E-state index contributed by atoms with van der Waals surface area (Å²) in [5.74, 6) is -1.13. The second-order valence-corrected chi connectivity index (χ2v) is 10.9. The van der Waals surface area contributed by atoms with Crippen molar-refractivity contribution in [1.82, 2.24) is 4.98 Å². The topological polar surface area (TPSA) is 70.5 Å². The first-order valence-corrected chi connectivity index (χ1v) is 11.6. The lowest BCUT2D eigenvalue weighted by atomic mass is 9.80. The molecule has 4 rings (SSSR count). The minimum absolute atomic E-state index is 0.180. The number of thiazole rings is 1. The van der Waals surface area contributed by atoms with Gasteiger partial charge in [0.2, 0.25) is 5.91 Å². The maximum absolute atomic E-state index is 13.7. The highest BCUT2D eigenvalue weighted by Gasteiger charge is 2.47. The Morgan fingerprint density at radius 2 is 1.78 bits per heavy atom. The van der Waals surface area contributed by atoms with Gasteiger partial charge in [0.25, 0.3) is 0 Å². The van der Waals surface area contributed by atoms with Crippen LogP contribution in [0.3, 0.4) is 0 Å². The standard InChI is InChI=1S/C25H29N3O3S/c1-27(23(31)25(16-22(29)30)14-18-7-5-6-8-19(18)15-25)24-26-20-10-9-17(13-21(20)32-24)11-12-28(2,3)4/h5-10,13H,11-12,14-16H2,1-4H3/p+1. The van der Waals surface area contributed by atoms with Gasteiger partial charge in [0.1, 0.15) is 0 Å². The van der Waals surface area contributed by atoms with Gasteiger partial charge in [-0.25, -0.2) is 4.98 Å². The van der Waals surface area contributed by atoms with Crippen molar-refractivity contribution in [2.75, 3.05) is 39.6 Å². The Balaban J connectivity index is 1.60. The van der Waals surface area contributed by atoms with E-state index in [1.807, 2.05) is 30.3 Å². The second-order valence-electron chi connectivity index (χ2n) is 9.90. The zero-order chi connectivity index (χ0) is 23.1. The van der Waals surface area contributed by atoms with E-state index in [-0.39, 0.29) is 12.3 Å². The average Bonchev–Trinajstić information content (AvgIpc) is 3.31. The van der Waals surface area contributed by atoms with Gasteiger partial charge < -0.3 is 9.59 Å². The first kappa shape index (κ1) is 22.4. The molecule has 1 aliphatic rings. The van der Waals surface area contributed by atoms with Gasteiger partial charge in [0.15, 0.2) is 5.13 Å². The molecule has 0 saturated carbocycles. The van der Waals surface area contributed by atoms with Crippen LogP contribution in [0.2, 0.25) is 0 Å². The molecule has 6 nitrogen and oxygen atoms in total. The van der Waals surface area contributed by atoms with Crippen LogP contribution in [-0.2, 0) is 28.9 Å². The number of carbonyl (C=O) groups is 2. The molecular formula is C25H30N3O3S+. The van der Waals surface area contributed by atoms with Crippen molar-refractivity contribution in [2.45, 2.75) is 25.7 Å². The van der Waals surface area contributed by atoms with Crippen LogP contribution < -0.4 is 4.90 Å². The molecule has 32 heavy (non-hydrogen) atoms. The van der Waals surface area contributed by atoms with Crippen LogP contribution in [0.5, 0.6) is 0 Å². The number of hydrogen-bond donors (Lipinski definition) is 1. The lowest BCUT2D eigenvalue weighted by molar-refractivity contribution is -0.870. The molecule has 0 bridgehead atoms. The van der Waals surface area contributed by atoms with Gasteiger partial charge >= 0.3 is 5.97 Å². The number of likely N-dealkylation sites (N-methyl/N-ethyl adjacent to an activating group) is 1. The van der Waals surface area contributed by atoms with E-state index in [4.69, 9.17) is 0 Å². The Morgan fingerprint density at radius 3 is 2.38 bits per heavy atom. The van der Waals surface area contributed by atoms with E-state index < -0.39 is 11.4 Å². The van der Waals surface area contributed by atoms with Crippen molar-refractivity contribution in [2.24, 2.45) is 5.41 Å². The number of carboxylic acid groups (broad SMARTS) is 1. The maximum Gasteiger partial charge on any atom is 0.304 e. The molecule has 7 heteroatoms.